The molecular weight excluding hydrogens is 152 g/mol. The van der Waals surface area contributed by atoms with Gasteiger partial charge in [-0.05, 0) is 38.9 Å². The van der Waals surface area contributed by atoms with Crippen LogP contribution in [0.15, 0.2) is 0 Å². The van der Waals surface area contributed by atoms with Gasteiger partial charge in [0.2, 0.25) is 0 Å². The van der Waals surface area contributed by atoms with E-state index in [1.807, 2.05) is 0 Å². The van der Waals surface area contributed by atoms with E-state index in [9.17, 15) is 5.11 Å². The number of nitrogens with one attached hydrogen (secondary N) is 2. The van der Waals surface area contributed by atoms with Crippen molar-refractivity contribution < 1.29 is 5.11 Å². The highest BCUT2D eigenvalue weighted by molar-refractivity contribution is 4.85. The molecule has 0 bridgehead atoms. The van der Waals surface area contributed by atoms with Gasteiger partial charge < -0.3 is 15.7 Å². The van der Waals surface area contributed by atoms with Gasteiger partial charge in [0.25, 0.3) is 0 Å². The highest BCUT2D eigenvalue weighted by Crippen LogP contribution is 2.16. The van der Waals surface area contributed by atoms with E-state index in [1.165, 1.54) is 0 Å². The standard InChI is InChI=1S/C9H20N2O/c1-2-5-11-8-9(12)3-6-10-7-4-9/h10-12H,2-8H2,1H3. The molecule has 1 aliphatic rings. The zero-order valence-electron chi connectivity index (χ0n) is 7.90. The summed E-state index contributed by atoms with van der Waals surface area (Å²) in [7, 11) is 0. The van der Waals surface area contributed by atoms with Crippen molar-refractivity contribution in [2.24, 2.45) is 0 Å². The Morgan fingerprint density at radius 3 is 2.67 bits per heavy atom. The van der Waals surface area contributed by atoms with E-state index in [0.29, 0.717) is 0 Å². The number of hydrogen-bond acceptors (Lipinski definition) is 3. The molecule has 0 aromatic rings. The lowest BCUT2D eigenvalue weighted by molar-refractivity contribution is 0.0114. The Balaban J connectivity index is 2.17. The van der Waals surface area contributed by atoms with Crippen LogP contribution >= 0.6 is 0 Å². The molecule has 0 aliphatic carbocycles. The summed E-state index contributed by atoms with van der Waals surface area (Å²) in [6.45, 7) is 5.80. The molecule has 12 heavy (non-hydrogen) atoms. The van der Waals surface area contributed by atoms with E-state index in [0.717, 1.165) is 45.4 Å². The van der Waals surface area contributed by atoms with Crippen LogP contribution in [-0.4, -0.2) is 36.9 Å². The number of rotatable bonds is 4. The van der Waals surface area contributed by atoms with Gasteiger partial charge >= 0.3 is 0 Å². The molecule has 3 heteroatoms. The minimum absolute atomic E-state index is 0.444. The summed E-state index contributed by atoms with van der Waals surface area (Å²) in [4.78, 5) is 0. The maximum Gasteiger partial charge on any atom is 0.0795 e. The lowest BCUT2D eigenvalue weighted by atomic mass is 9.92. The zero-order chi connectivity index (χ0) is 8.86. The quantitative estimate of drug-likeness (QED) is 0.527. The van der Waals surface area contributed by atoms with Gasteiger partial charge in [0, 0.05) is 6.54 Å². The molecule has 0 saturated carbocycles. The minimum atomic E-state index is -0.444. The Labute approximate surface area is 74.5 Å². The third-order valence-electron chi connectivity index (χ3n) is 2.42. The van der Waals surface area contributed by atoms with Crippen LogP contribution in [0.4, 0.5) is 0 Å². The Morgan fingerprint density at radius 2 is 2.08 bits per heavy atom. The van der Waals surface area contributed by atoms with Gasteiger partial charge in [0.1, 0.15) is 0 Å². The normalized spacial score (nSPS) is 22.5. The first-order chi connectivity index (χ1) is 5.77. The van der Waals surface area contributed by atoms with Crippen LogP contribution in [0.5, 0.6) is 0 Å². The summed E-state index contributed by atoms with van der Waals surface area (Å²) in [6.07, 6.45) is 2.89. The summed E-state index contributed by atoms with van der Waals surface area (Å²) in [5.41, 5.74) is -0.444. The molecule has 1 rings (SSSR count). The molecule has 3 nitrogen and oxygen atoms in total. The molecule has 0 spiro atoms. The second kappa shape index (κ2) is 4.80. The topological polar surface area (TPSA) is 44.3 Å². The van der Waals surface area contributed by atoms with Crippen molar-refractivity contribution >= 4 is 0 Å². The van der Waals surface area contributed by atoms with Crippen molar-refractivity contribution in [1.82, 2.24) is 10.6 Å². The average Bonchev–Trinajstić information content (AvgIpc) is 2.06. The largest absolute Gasteiger partial charge is 0.388 e. The van der Waals surface area contributed by atoms with Crippen molar-refractivity contribution in [1.29, 1.82) is 0 Å². The fourth-order valence-electron chi connectivity index (χ4n) is 1.57. The summed E-state index contributed by atoms with van der Waals surface area (Å²) >= 11 is 0. The van der Waals surface area contributed by atoms with E-state index >= 15 is 0 Å². The molecule has 1 aliphatic heterocycles. The highest BCUT2D eigenvalue weighted by Gasteiger charge is 2.27. The van der Waals surface area contributed by atoms with Crippen molar-refractivity contribution in [3.63, 3.8) is 0 Å². The van der Waals surface area contributed by atoms with Crippen molar-refractivity contribution in [3.05, 3.63) is 0 Å². The number of aliphatic hydroxyl groups is 1. The molecule has 1 heterocycles. The molecule has 72 valence electrons. The van der Waals surface area contributed by atoms with Crippen LogP contribution in [-0.2, 0) is 0 Å². The number of hydrogen-bond donors (Lipinski definition) is 3. The van der Waals surface area contributed by atoms with Gasteiger partial charge in [0.15, 0.2) is 0 Å². The lowest BCUT2D eigenvalue weighted by Crippen LogP contribution is -2.48. The average molecular weight is 172 g/mol. The summed E-state index contributed by atoms with van der Waals surface area (Å²) in [6, 6.07) is 0. The van der Waals surface area contributed by atoms with Gasteiger partial charge in [-0.3, -0.25) is 0 Å². The van der Waals surface area contributed by atoms with Crippen molar-refractivity contribution in [2.45, 2.75) is 31.8 Å². The second-order valence-corrected chi connectivity index (χ2v) is 3.65. The van der Waals surface area contributed by atoms with Crippen molar-refractivity contribution in [2.75, 3.05) is 26.2 Å². The summed E-state index contributed by atoms with van der Waals surface area (Å²) < 4.78 is 0. The third-order valence-corrected chi connectivity index (χ3v) is 2.42. The smallest absolute Gasteiger partial charge is 0.0795 e. The van der Waals surface area contributed by atoms with Gasteiger partial charge in [-0.25, -0.2) is 0 Å². The molecule has 3 N–H and O–H groups in total. The maximum atomic E-state index is 10.00. The molecule has 1 fully saturated rings. The fourth-order valence-corrected chi connectivity index (χ4v) is 1.57. The van der Waals surface area contributed by atoms with Gasteiger partial charge in [-0.1, -0.05) is 6.92 Å². The Bertz CT molecular complexity index is 122. The maximum absolute atomic E-state index is 10.00. The molecule has 0 unspecified atom stereocenters. The van der Waals surface area contributed by atoms with E-state index < -0.39 is 5.60 Å². The van der Waals surface area contributed by atoms with Crippen LogP contribution in [0.3, 0.4) is 0 Å². The molecule has 0 radical (unpaired) electrons. The van der Waals surface area contributed by atoms with Gasteiger partial charge in [-0.2, -0.15) is 0 Å². The van der Waals surface area contributed by atoms with Gasteiger partial charge in [0.05, 0.1) is 5.60 Å². The van der Waals surface area contributed by atoms with E-state index in [4.69, 9.17) is 0 Å². The van der Waals surface area contributed by atoms with Gasteiger partial charge in [-0.15, -0.1) is 0 Å². The Hall–Kier alpha value is -0.120. The zero-order valence-corrected chi connectivity index (χ0v) is 7.90. The van der Waals surface area contributed by atoms with Crippen LogP contribution in [0.2, 0.25) is 0 Å². The molecule has 0 amide bonds. The Morgan fingerprint density at radius 1 is 1.42 bits per heavy atom. The molecular formula is C9H20N2O. The molecule has 1 saturated heterocycles. The van der Waals surface area contributed by atoms with Crippen LogP contribution in [0.1, 0.15) is 26.2 Å². The van der Waals surface area contributed by atoms with Crippen LogP contribution < -0.4 is 10.6 Å². The first-order valence-corrected chi connectivity index (χ1v) is 4.91. The molecule has 0 atom stereocenters. The third kappa shape index (κ3) is 3.09. The van der Waals surface area contributed by atoms with E-state index in [2.05, 4.69) is 17.6 Å². The van der Waals surface area contributed by atoms with Crippen molar-refractivity contribution in [3.8, 4) is 0 Å². The minimum Gasteiger partial charge on any atom is -0.388 e. The first kappa shape index (κ1) is 9.96. The predicted molar refractivity (Wildman–Crippen MR) is 50.2 cm³/mol. The second-order valence-electron chi connectivity index (χ2n) is 3.65. The predicted octanol–water partition coefficient (Wildman–Crippen LogP) is 0.100. The van der Waals surface area contributed by atoms with Crippen LogP contribution in [0, 0.1) is 0 Å². The molecule has 0 aromatic heterocycles. The fraction of sp³-hybridized carbons (Fsp3) is 1.00. The Kier molecular flexibility index (Phi) is 3.98. The summed E-state index contributed by atoms with van der Waals surface area (Å²) in [5.74, 6) is 0. The monoisotopic (exact) mass is 172 g/mol. The number of piperidine rings is 1. The van der Waals surface area contributed by atoms with Crippen LogP contribution in [0.25, 0.3) is 0 Å². The lowest BCUT2D eigenvalue weighted by Gasteiger charge is -2.32. The first-order valence-electron chi connectivity index (χ1n) is 4.91. The SMILES string of the molecule is CCCNCC1(O)CCNCC1. The highest BCUT2D eigenvalue weighted by atomic mass is 16.3. The van der Waals surface area contributed by atoms with E-state index in [-0.39, 0.29) is 0 Å². The summed E-state index contributed by atoms with van der Waals surface area (Å²) in [5, 5.41) is 16.5. The van der Waals surface area contributed by atoms with E-state index in [1.54, 1.807) is 0 Å². The molecule has 0 aromatic carbocycles.